The highest BCUT2D eigenvalue weighted by atomic mass is 19.1. The summed E-state index contributed by atoms with van der Waals surface area (Å²) in [6, 6.07) is 3.69. The van der Waals surface area contributed by atoms with Crippen molar-refractivity contribution in [3.05, 3.63) is 29.3 Å². The van der Waals surface area contributed by atoms with Crippen molar-refractivity contribution in [3.63, 3.8) is 0 Å². The zero-order valence-electron chi connectivity index (χ0n) is 11.2. The summed E-state index contributed by atoms with van der Waals surface area (Å²) in [6.45, 7) is 2.46. The van der Waals surface area contributed by atoms with E-state index in [-0.39, 0.29) is 6.04 Å². The number of benzene rings is 1. The van der Waals surface area contributed by atoms with Crippen molar-refractivity contribution in [3.8, 4) is 6.07 Å². The zero-order chi connectivity index (χ0) is 14.5. The minimum absolute atomic E-state index is 0.179. The van der Waals surface area contributed by atoms with E-state index in [9.17, 15) is 13.9 Å². The van der Waals surface area contributed by atoms with Crippen molar-refractivity contribution in [1.82, 2.24) is 0 Å². The monoisotopic (exact) mass is 278 g/mol. The third-order valence-electron chi connectivity index (χ3n) is 4.70. The van der Waals surface area contributed by atoms with Gasteiger partial charge in [-0.25, -0.2) is 8.78 Å². The molecule has 3 rings (SSSR count). The summed E-state index contributed by atoms with van der Waals surface area (Å²) in [6.07, 6.45) is 2.65. The topological polar surface area (TPSA) is 47.3 Å². The number of hydrogen-bond acceptors (Lipinski definition) is 3. The van der Waals surface area contributed by atoms with Crippen molar-refractivity contribution in [2.45, 2.75) is 37.8 Å². The standard InChI is InChI=1S/C15H16F2N2O/c1-9-15(20,10-2-3-10)4-5-19(9)11-6-13(16)12(8-18)14(17)7-11/h6-7,9-10,20H,2-5H2,1H3/t9-,15-/m0/s1. The highest BCUT2D eigenvalue weighted by Gasteiger charge is 2.52. The molecule has 1 aliphatic heterocycles. The molecule has 5 heteroatoms. The average Bonchev–Trinajstić information content (AvgIpc) is 3.19. The van der Waals surface area contributed by atoms with E-state index >= 15 is 0 Å². The van der Waals surface area contributed by atoms with E-state index in [0.717, 1.165) is 12.8 Å². The first-order chi connectivity index (χ1) is 9.47. The first-order valence-electron chi connectivity index (χ1n) is 6.85. The van der Waals surface area contributed by atoms with Crippen LogP contribution in [0.5, 0.6) is 0 Å². The van der Waals surface area contributed by atoms with Crippen LogP contribution in [0.3, 0.4) is 0 Å². The molecule has 1 saturated carbocycles. The fourth-order valence-electron chi connectivity index (χ4n) is 3.29. The van der Waals surface area contributed by atoms with Gasteiger partial charge in [0.15, 0.2) is 0 Å². The summed E-state index contributed by atoms with van der Waals surface area (Å²) in [5, 5.41) is 19.4. The molecule has 3 nitrogen and oxygen atoms in total. The van der Waals surface area contributed by atoms with Crippen LogP contribution in [-0.2, 0) is 0 Å². The Kier molecular flexibility index (Phi) is 2.94. The number of nitriles is 1. The lowest BCUT2D eigenvalue weighted by molar-refractivity contribution is 0.0142. The van der Waals surface area contributed by atoms with E-state index in [1.54, 1.807) is 0 Å². The van der Waals surface area contributed by atoms with Gasteiger partial charge in [0, 0.05) is 12.2 Å². The van der Waals surface area contributed by atoms with Gasteiger partial charge in [0.1, 0.15) is 23.3 Å². The zero-order valence-corrected chi connectivity index (χ0v) is 11.2. The third kappa shape index (κ3) is 1.87. The summed E-state index contributed by atoms with van der Waals surface area (Å²) in [4.78, 5) is 1.83. The molecule has 2 fully saturated rings. The van der Waals surface area contributed by atoms with Crippen LogP contribution in [0, 0.1) is 28.9 Å². The summed E-state index contributed by atoms with van der Waals surface area (Å²) >= 11 is 0. The molecule has 20 heavy (non-hydrogen) atoms. The molecule has 0 aromatic heterocycles. The van der Waals surface area contributed by atoms with E-state index in [2.05, 4.69) is 0 Å². The van der Waals surface area contributed by atoms with Gasteiger partial charge in [-0.2, -0.15) is 5.26 Å². The predicted molar refractivity (Wildman–Crippen MR) is 70.2 cm³/mol. The molecule has 1 aromatic carbocycles. The van der Waals surface area contributed by atoms with Crippen molar-refractivity contribution < 1.29 is 13.9 Å². The normalized spacial score (nSPS) is 29.6. The van der Waals surface area contributed by atoms with Crippen LogP contribution in [0.2, 0.25) is 0 Å². The number of nitrogens with zero attached hydrogens (tertiary/aromatic N) is 2. The van der Waals surface area contributed by atoms with E-state index in [0.29, 0.717) is 24.6 Å². The number of halogens is 2. The molecule has 1 heterocycles. The Morgan fingerprint density at radius 1 is 1.35 bits per heavy atom. The quantitative estimate of drug-likeness (QED) is 0.904. The smallest absolute Gasteiger partial charge is 0.146 e. The molecule has 2 atom stereocenters. The lowest BCUT2D eigenvalue weighted by Gasteiger charge is -2.32. The first kappa shape index (κ1) is 13.3. The van der Waals surface area contributed by atoms with Gasteiger partial charge in [-0.15, -0.1) is 0 Å². The Morgan fingerprint density at radius 3 is 2.45 bits per heavy atom. The molecule has 0 unspecified atom stereocenters. The maximum Gasteiger partial charge on any atom is 0.146 e. The SMILES string of the molecule is C[C@@H]1N(c2cc(F)c(C#N)c(F)c2)CC[C@@]1(O)C1CC1. The maximum absolute atomic E-state index is 13.7. The summed E-state index contributed by atoms with van der Waals surface area (Å²) in [5.41, 5.74) is -0.929. The molecule has 1 aliphatic carbocycles. The molecular formula is C15H16F2N2O. The Bertz CT molecular complexity index is 571. The van der Waals surface area contributed by atoms with Gasteiger partial charge >= 0.3 is 0 Å². The number of hydrogen-bond donors (Lipinski definition) is 1. The van der Waals surface area contributed by atoms with E-state index in [1.807, 2.05) is 11.8 Å². The van der Waals surface area contributed by atoms with E-state index in [4.69, 9.17) is 5.26 Å². The third-order valence-corrected chi connectivity index (χ3v) is 4.70. The van der Waals surface area contributed by atoms with Gasteiger partial charge in [0.05, 0.1) is 11.6 Å². The van der Waals surface area contributed by atoms with E-state index < -0.39 is 22.8 Å². The molecule has 0 radical (unpaired) electrons. The van der Waals surface area contributed by atoms with Crippen molar-refractivity contribution >= 4 is 5.69 Å². The van der Waals surface area contributed by atoms with Gasteiger partial charge in [-0.1, -0.05) is 0 Å². The second kappa shape index (κ2) is 4.42. The van der Waals surface area contributed by atoms with Crippen LogP contribution in [0.25, 0.3) is 0 Å². The Balaban J connectivity index is 1.93. The molecular weight excluding hydrogens is 262 g/mol. The van der Waals surface area contributed by atoms with E-state index in [1.165, 1.54) is 18.2 Å². The van der Waals surface area contributed by atoms with Crippen LogP contribution >= 0.6 is 0 Å². The molecule has 0 amide bonds. The highest BCUT2D eigenvalue weighted by Crippen LogP contribution is 2.48. The van der Waals surface area contributed by atoms with Crippen LogP contribution in [-0.4, -0.2) is 23.3 Å². The van der Waals surface area contributed by atoms with Crippen LogP contribution in [0.1, 0.15) is 31.7 Å². The van der Waals surface area contributed by atoms with Gasteiger partial charge in [0.25, 0.3) is 0 Å². The molecule has 1 aromatic rings. The molecule has 106 valence electrons. The molecule has 0 bridgehead atoms. The van der Waals surface area contributed by atoms with Crippen molar-refractivity contribution in [1.29, 1.82) is 5.26 Å². The number of rotatable bonds is 2. The number of aliphatic hydroxyl groups is 1. The lowest BCUT2D eigenvalue weighted by atomic mass is 9.90. The summed E-state index contributed by atoms with van der Waals surface area (Å²) < 4.78 is 27.4. The molecule has 1 N–H and O–H groups in total. The second-order valence-electron chi connectivity index (χ2n) is 5.78. The highest BCUT2D eigenvalue weighted by molar-refractivity contribution is 5.53. The van der Waals surface area contributed by atoms with Crippen LogP contribution in [0.4, 0.5) is 14.5 Å². The second-order valence-corrected chi connectivity index (χ2v) is 5.78. The average molecular weight is 278 g/mol. The summed E-state index contributed by atoms with van der Waals surface area (Å²) in [7, 11) is 0. The van der Waals surface area contributed by atoms with Gasteiger partial charge in [-0.05, 0) is 44.2 Å². The number of anilines is 1. The van der Waals surface area contributed by atoms with Crippen LogP contribution in [0.15, 0.2) is 12.1 Å². The molecule has 2 aliphatic rings. The van der Waals surface area contributed by atoms with Gasteiger partial charge in [-0.3, -0.25) is 0 Å². The van der Waals surface area contributed by atoms with Crippen LogP contribution < -0.4 is 4.90 Å². The van der Waals surface area contributed by atoms with Gasteiger partial charge < -0.3 is 10.0 Å². The minimum atomic E-state index is -0.850. The Labute approximate surface area is 116 Å². The first-order valence-corrected chi connectivity index (χ1v) is 6.85. The minimum Gasteiger partial charge on any atom is -0.387 e. The molecule has 0 spiro atoms. The fourth-order valence-corrected chi connectivity index (χ4v) is 3.29. The van der Waals surface area contributed by atoms with Crippen molar-refractivity contribution in [2.75, 3.05) is 11.4 Å². The van der Waals surface area contributed by atoms with Crippen molar-refractivity contribution in [2.24, 2.45) is 5.92 Å². The predicted octanol–water partition coefficient (Wildman–Crippen LogP) is 2.58. The Morgan fingerprint density at radius 2 is 1.95 bits per heavy atom. The van der Waals surface area contributed by atoms with Gasteiger partial charge in [0.2, 0.25) is 0 Å². The maximum atomic E-state index is 13.7. The largest absolute Gasteiger partial charge is 0.387 e. The lowest BCUT2D eigenvalue weighted by Crippen LogP contribution is -2.44. The fraction of sp³-hybridized carbons (Fsp3) is 0.533. The summed E-state index contributed by atoms with van der Waals surface area (Å²) in [5.74, 6) is -1.40. The Hall–Kier alpha value is -1.67. The molecule has 1 saturated heterocycles.